The molecule has 3 aliphatic heterocycles. The molecule has 3 saturated heterocycles. The molecular formula is C28H36N8O7. The Bertz CT molecular complexity index is 1460. The van der Waals surface area contributed by atoms with Gasteiger partial charge in [-0.3, -0.25) is 14.2 Å². The van der Waals surface area contributed by atoms with E-state index in [-0.39, 0.29) is 59.3 Å². The predicted octanol–water partition coefficient (Wildman–Crippen LogP) is -0.625. The highest BCUT2D eigenvalue weighted by Gasteiger charge is 2.48. The topological polar surface area (TPSA) is 198 Å². The van der Waals surface area contributed by atoms with Crippen molar-refractivity contribution < 1.29 is 34.1 Å². The fraction of sp³-hybridized carbons (Fsp3) is 0.643. The zero-order valence-corrected chi connectivity index (χ0v) is 23.9. The van der Waals surface area contributed by atoms with Crippen molar-refractivity contribution in [2.45, 2.75) is 69.1 Å². The number of carbonyl (C=O) groups is 3. The number of nitrogen functional groups attached to an aromatic ring is 1. The molecule has 0 aromatic carbocycles. The summed E-state index contributed by atoms with van der Waals surface area (Å²) in [6, 6.07) is 0.0781. The Hall–Kier alpha value is -4.00. The van der Waals surface area contributed by atoms with E-state index in [2.05, 4.69) is 32.1 Å². The van der Waals surface area contributed by atoms with Gasteiger partial charge in [-0.15, -0.1) is 0 Å². The Kier molecular flexibility index (Phi) is 8.08. The average Bonchev–Trinajstić information content (AvgIpc) is 3.49. The van der Waals surface area contributed by atoms with E-state index in [0.29, 0.717) is 32.5 Å². The van der Waals surface area contributed by atoms with Gasteiger partial charge in [-0.1, -0.05) is 5.92 Å². The van der Waals surface area contributed by atoms with Crippen LogP contribution in [0.4, 0.5) is 10.6 Å². The number of hydrogen-bond donors (Lipinski definition) is 4. The lowest BCUT2D eigenvalue weighted by Crippen LogP contribution is -2.43. The third kappa shape index (κ3) is 6.22. The van der Waals surface area contributed by atoms with Crippen LogP contribution in [0.15, 0.2) is 6.33 Å². The number of nitrogens with zero attached hydrogens (tertiary/aromatic N) is 6. The molecule has 0 bridgehead atoms. The number of carbonyl (C=O) groups excluding carboxylic acids is 3. The maximum Gasteiger partial charge on any atom is 0.409 e. The number of imidazole rings is 1. The molecule has 0 spiro atoms. The number of nitrogens with two attached hydrogens (primary N) is 1. The van der Waals surface area contributed by atoms with Crippen LogP contribution in [0.2, 0.25) is 0 Å². The van der Waals surface area contributed by atoms with Crippen LogP contribution in [0.3, 0.4) is 0 Å². The Balaban J connectivity index is 1.04. The Morgan fingerprint density at radius 2 is 1.93 bits per heavy atom. The SMILES string of the molecule is CN1CC(COC(=O)N2CCC(CC#Cc3nc(N)c4ncn(C5OC(C(=O)NC6CC6)C(O)C5O)c4n3)CC2)CC1=O. The minimum Gasteiger partial charge on any atom is -0.449 e. The molecule has 15 nitrogen and oxygen atoms in total. The van der Waals surface area contributed by atoms with Crippen LogP contribution in [-0.4, -0.2) is 115 Å². The summed E-state index contributed by atoms with van der Waals surface area (Å²) in [4.78, 5) is 53.0. The first-order chi connectivity index (χ1) is 20.7. The minimum absolute atomic E-state index is 0.0427. The van der Waals surface area contributed by atoms with Crippen LogP contribution < -0.4 is 11.1 Å². The van der Waals surface area contributed by atoms with Gasteiger partial charge in [0.15, 0.2) is 23.8 Å². The number of amides is 3. The number of likely N-dealkylation sites (tertiary alicyclic amines) is 2. The van der Waals surface area contributed by atoms with Crippen LogP contribution in [0.1, 0.15) is 50.6 Å². The zero-order chi connectivity index (χ0) is 30.2. The summed E-state index contributed by atoms with van der Waals surface area (Å²) in [6.07, 6.45) is 0.168. The fourth-order valence-corrected chi connectivity index (χ4v) is 5.74. The first-order valence-corrected chi connectivity index (χ1v) is 14.6. The molecule has 2 aromatic rings. The lowest BCUT2D eigenvalue weighted by molar-refractivity contribution is -0.137. The molecule has 4 fully saturated rings. The quantitative estimate of drug-likeness (QED) is 0.310. The average molecular weight is 597 g/mol. The molecule has 1 saturated carbocycles. The minimum atomic E-state index is -1.42. The van der Waals surface area contributed by atoms with Gasteiger partial charge in [0.2, 0.25) is 11.7 Å². The van der Waals surface area contributed by atoms with Crippen molar-refractivity contribution in [1.29, 1.82) is 0 Å². The monoisotopic (exact) mass is 596 g/mol. The van der Waals surface area contributed by atoms with Gasteiger partial charge in [0, 0.05) is 51.5 Å². The second kappa shape index (κ2) is 11.9. The Morgan fingerprint density at radius 3 is 2.63 bits per heavy atom. The van der Waals surface area contributed by atoms with E-state index in [1.165, 1.54) is 10.9 Å². The van der Waals surface area contributed by atoms with Crippen LogP contribution >= 0.6 is 0 Å². The van der Waals surface area contributed by atoms with E-state index in [9.17, 15) is 24.6 Å². The van der Waals surface area contributed by atoms with Crippen molar-refractivity contribution in [1.82, 2.24) is 34.6 Å². The number of ether oxygens (including phenoxy) is 2. The molecule has 230 valence electrons. The van der Waals surface area contributed by atoms with Gasteiger partial charge in [0.1, 0.15) is 17.7 Å². The summed E-state index contributed by atoms with van der Waals surface area (Å²) in [5.41, 5.74) is 6.67. The van der Waals surface area contributed by atoms with Gasteiger partial charge in [-0.25, -0.2) is 19.7 Å². The maximum absolute atomic E-state index is 12.5. The molecule has 1 aliphatic carbocycles. The first-order valence-electron chi connectivity index (χ1n) is 14.6. The number of nitrogens with one attached hydrogen (secondary N) is 1. The number of piperidine rings is 1. The highest BCUT2D eigenvalue weighted by atomic mass is 16.6. The van der Waals surface area contributed by atoms with Crippen molar-refractivity contribution >= 4 is 34.9 Å². The van der Waals surface area contributed by atoms with E-state index in [1.807, 2.05) is 0 Å². The molecule has 5 N–H and O–H groups in total. The van der Waals surface area contributed by atoms with Crippen molar-refractivity contribution in [3.8, 4) is 11.8 Å². The largest absolute Gasteiger partial charge is 0.449 e. The highest BCUT2D eigenvalue weighted by Crippen LogP contribution is 2.33. The number of rotatable bonds is 6. The van der Waals surface area contributed by atoms with E-state index in [1.54, 1.807) is 16.8 Å². The lowest BCUT2D eigenvalue weighted by Gasteiger charge is -2.30. The van der Waals surface area contributed by atoms with E-state index >= 15 is 0 Å². The number of aliphatic hydroxyl groups excluding tert-OH is 2. The normalized spacial score (nSPS) is 27.8. The summed E-state index contributed by atoms with van der Waals surface area (Å²) in [5.74, 6) is 6.27. The first kappa shape index (κ1) is 29.1. The van der Waals surface area contributed by atoms with E-state index in [4.69, 9.17) is 15.2 Å². The molecule has 3 amide bonds. The van der Waals surface area contributed by atoms with Gasteiger partial charge < -0.3 is 40.5 Å². The van der Waals surface area contributed by atoms with Gasteiger partial charge >= 0.3 is 6.09 Å². The second-order valence-corrected chi connectivity index (χ2v) is 11.8. The molecule has 5 atom stereocenters. The molecule has 15 heteroatoms. The molecule has 5 heterocycles. The Labute approximate surface area is 247 Å². The van der Waals surface area contributed by atoms with Crippen molar-refractivity contribution in [2.24, 2.45) is 11.8 Å². The van der Waals surface area contributed by atoms with Crippen molar-refractivity contribution in [3.63, 3.8) is 0 Å². The molecule has 0 radical (unpaired) electrons. The third-order valence-electron chi connectivity index (χ3n) is 8.47. The predicted molar refractivity (Wildman–Crippen MR) is 150 cm³/mol. The molecular weight excluding hydrogens is 560 g/mol. The molecule has 6 rings (SSSR count). The number of anilines is 1. The molecule has 4 aliphatic rings. The number of aromatic nitrogens is 4. The van der Waals surface area contributed by atoms with Crippen LogP contribution in [-0.2, 0) is 19.1 Å². The van der Waals surface area contributed by atoms with E-state index in [0.717, 1.165) is 25.7 Å². The van der Waals surface area contributed by atoms with Gasteiger partial charge in [0.05, 0.1) is 12.9 Å². The summed E-state index contributed by atoms with van der Waals surface area (Å²) >= 11 is 0. The van der Waals surface area contributed by atoms with Crippen molar-refractivity contribution in [2.75, 3.05) is 39.0 Å². The van der Waals surface area contributed by atoms with E-state index < -0.39 is 30.4 Å². The van der Waals surface area contributed by atoms with Crippen LogP contribution in [0.5, 0.6) is 0 Å². The molecule has 5 unspecified atom stereocenters. The third-order valence-corrected chi connectivity index (χ3v) is 8.47. The smallest absolute Gasteiger partial charge is 0.409 e. The van der Waals surface area contributed by atoms with Gasteiger partial charge in [-0.2, -0.15) is 0 Å². The van der Waals surface area contributed by atoms with Crippen LogP contribution in [0.25, 0.3) is 11.2 Å². The second-order valence-electron chi connectivity index (χ2n) is 11.8. The van der Waals surface area contributed by atoms with Crippen LogP contribution in [0, 0.1) is 23.7 Å². The number of hydrogen-bond acceptors (Lipinski definition) is 11. The molecule has 43 heavy (non-hydrogen) atoms. The Morgan fingerprint density at radius 1 is 1.16 bits per heavy atom. The summed E-state index contributed by atoms with van der Waals surface area (Å²) < 4.78 is 12.6. The zero-order valence-electron chi connectivity index (χ0n) is 23.9. The number of aliphatic hydroxyl groups is 2. The number of fused-ring (bicyclic) bond motifs is 1. The fourth-order valence-electron chi connectivity index (χ4n) is 5.74. The van der Waals surface area contributed by atoms with Gasteiger partial charge in [-0.05, 0) is 37.5 Å². The lowest BCUT2D eigenvalue weighted by atomic mass is 9.94. The molecule has 2 aromatic heterocycles. The summed E-state index contributed by atoms with van der Waals surface area (Å²) in [7, 11) is 1.75. The maximum atomic E-state index is 12.5. The van der Waals surface area contributed by atoms with Gasteiger partial charge in [0.25, 0.3) is 5.91 Å². The highest BCUT2D eigenvalue weighted by molar-refractivity contribution is 5.83. The van der Waals surface area contributed by atoms with Crippen molar-refractivity contribution in [3.05, 3.63) is 12.2 Å². The standard InChI is InChI=1S/C28H36N8O7/c1-34-12-16(11-19(34)37)13-42-28(41)35-9-7-15(8-10-35)3-2-4-18-32-24(29)20-25(33-18)36(14-30-20)27-22(39)21(38)23(43-27)26(40)31-17-5-6-17/h14-17,21-23,27,38-39H,3,5-13H2,1H3,(H,31,40)(H2,29,32,33). The summed E-state index contributed by atoms with van der Waals surface area (Å²) in [6.45, 7) is 1.99. The summed E-state index contributed by atoms with van der Waals surface area (Å²) in [5, 5.41) is 24.0.